The van der Waals surface area contributed by atoms with Crippen molar-refractivity contribution in [3.63, 3.8) is 0 Å². The summed E-state index contributed by atoms with van der Waals surface area (Å²) in [5, 5.41) is -1.08. The Balaban J connectivity index is 2.11. The number of rotatable bonds is 8. The second-order valence-electron chi connectivity index (χ2n) is 5.96. The van der Waals surface area contributed by atoms with Gasteiger partial charge in [0.25, 0.3) is 10.5 Å². The van der Waals surface area contributed by atoms with Crippen LogP contribution in [0.25, 0.3) is 0 Å². The second-order valence-corrected chi connectivity index (χ2v) is 6.80. The highest BCUT2D eigenvalue weighted by molar-refractivity contribution is 6.64. The van der Waals surface area contributed by atoms with Crippen LogP contribution in [0.2, 0.25) is 0 Å². The third kappa shape index (κ3) is 5.48. The third-order valence-electron chi connectivity index (χ3n) is 3.86. The normalized spacial score (nSPS) is 11.0. The smallest absolute Gasteiger partial charge is 0.259 e. The quantitative estimate of drug-likeness (QED) is 0.640. The summed E-state index contributed by atoms with van der Waals surface area (Å²) < 4.78 is 10.5. The minimum absolute atomic E-state index is 0.156. The number of hydrogen-bond acceptors (Lipinski definition) is 4. The Hall–Kier alpha value is -2.04. The van der Waals surface area contributed by atoms with Crippen molar-refractivity contribution >= 4 is 33.7 Å². The van der Waals surface area contributed by atoms with Gasteiger partial charge in [-0.1, -0.05) is 38.1 Å². The highest BCUT2D eigenvalue weighted by Gasteiger charge is 2.23. The maximum Gasteiger partial charge on any atom is 0.259 e. The first-order valence-electron chi connectivity index (χ1n) is 7.62. The predicted octanol–water partition coefficient (Wildman–Crippen LogP) is 4.30. The molecule has 25 heavy (non-hydrogen) atoms. The topological polar surface area (TPSA) is 52.6 Å². The molecule has 0 radical (unpaired) electrons. The van der Waals surface area contributed by atoms with E-state index >= 15 is 0 Å². The van der Waals surface area contributed by atoms with E-state index in [1.165, 1.54) is 0 Å². The molecule has 0 aliphatic carbocycles. The summed E-state index contributed by atoms with van der Waals surface area (Å²) in [7, 11) is 0. The van der Waals surface area contributed by atoms with Gasteiger partial charge < -0.3 is 9.47 Å². The van der Waals surface area contributed by atoms with Crippen LogP contribution in [-0.2, 0) is 15.0 Å². The zero-order valence-electron chi connectivity index (χ0n) is 13.9. The molecule has 4 nitrogen and oxygen atoms in total. The molecule has 0 amide bonds. The second kappa shape index (κ2) is 8.37. The SMILES string of the molecule is CC(C)(c1ccc(OCC(=O)Cl)cc1)c1ccc(OCC(=O)Cl)cc1. The molecule has 0 atom stereocenters. The molecule has 0 saturated carbocycles. The molecule has 2 aromatic rings. The molecule has 0 fully saturated rings. The first kappa shape index (κ1) is 19.3. The standard InChI is InChI=1S/C19H18Cl2O4/c1-19(2,13-3-7-15(8-4-13)24-11-17(20)22)14-5-9-16(10-6-14)25-12-18(21)23/h3-10H,11-12H2,1-2H3. The summed E-state index contributed by atoms with van der Waals surface area (Å²) in [4.78, 5) is 21.5. The maximum absolute atomic E-state index is 10.7. The molecule has 0 N–H and O–H groups in total. The van der Waals surface area contributed by atoms with E-state index in [0.29, 0.717) is 11.5 Å². The molecule has 2 rings (SSSR count). The van der Waals surface area contributed by atoms with Crippen molar-refractivity contribution in [2.24, 2.45) is 0 Å². The number of halogens is 2. The Kier molecular flexibility index (Phi) is 6.45. The molecule has 0 aliphatic heterocycles. The molecule has 2 aromatic carbocycles. The van der Waals surface area contributed by atoms with E-state index in [-0.39, 0.29) is 18.6 Å². The monoisotopic (exact) mass is 380 g/mol. The molecule has 0 heterocycles. The summed E-state index contributed by atoms with van der Waals surface area (Å²) in [6, 6.07) is 15.0. The fraction of sp³-hybridized carbons (Fsp3) is 0.263. The van der Waals surface area contributed by atoms with Gasteiger partial charge in [0, 0.05) is 5.41 Å². The zero-order chi connectivity index (χ0) is 18.4. The van der Waals surface area contributed by atoms with Gasteiger partial charge in [-0.3, -0.25) is 9.59 Å². The van der Waals surface area contributed by atoms with Crippen LogP contribution in [0.15, 0.2) is 48.5 Å². The van der Waals surface area contributed by atoms with Gasteiger partial charge in [-0.05, 0) is 58.6 Å². The van der Waals surface area contributed by atoms with Crippen LogP contribution < -0.4 is 9.47 Å². The zero-order valence-corrected chi connectivity index (χ0v) is 15.4. The molecular formula is C19H18Cl2O4. The molecular weight excluding hydrogens is 363 g/mol. The number of hydrogen-bond donors (Lipinski definition) is 0. The van der Waals surface area contributed by atoms with Gasteiger partial charge in [0.1, 0.15) is 11.5 Å². The average molecular weight is 381 g/mol. The summed E-state index contributed by atoms with van der Waals surface area (Å²) in [5.41, 5.74) is 1.92. The van der Waals surface area contributed by atoms with Gasteiger partial charge in [0.2, 0.25) is 0 Å². The van der Waals surface area contributed by atoms with Crippen LogP contribution >= 0.6 is 23.2 Å². The molecule has 0 unspecified atom stereocenters. The van der Waals surface area contributed by atoms with E-state index in [0.717, 1.165) is 11.1 Å². The Bertz CT molecular complexity index is 674. The minimum Gasteiger partial charge on any atom is -0.484 e. The molecule has 132 valence electrons. The van der Waals surface area contributed by atoms with Crippen LogP contribution in [0.1, 0.15) is 25.0 Å². The Morgan fingerprint density at radius 2 is 1.08 bits per heavy atom. The largest absolute Gasteiger partial charge is 0.484 e. The van der Waals surface area contributed by atoms with Gasteiger partial charge in [-0.2, -0.15) is 0 Å². The number of carbonyl (C=O) groups excluding carboxylic acids is 2. The van der Waals surface area contributed by atoms with Gasteiger partial charge in [0.15, 0.2) is 13.2 Å². The highest BCUT2D eigenvalue weighted by atomic mass is 35.5. The van der Waals surface area contributed by atoms with Crippen molar-refractivity contribution in [3.05, 3.63) is 59.7 Å². The Morgan fingerprint density at radius 1 is 0.760 bits per heavy atom. The van der Waals surface area contributed by atoms with Gasteiger partial charge >= 0.3 is 0 Å². The lowest BCUT2D eigenvalue weighted by atomic mass is 9.78. The molecule has 6 heteroatoms. The summed E-state index contributed by atoms with van der Waals surface area (Å²) in [6.45, 7) is 3.89. The lowest BCUT2D eigenvalue weighted by molar-refractivity contribution is -0.114. The van der Waals surface area contributed by atoms with E-state index in [1.54, 1.807) is 24.3 Å². The molecule has 0 spiro atoms. The maximum atomic E-state index is 10.7. The van der Waals surface area contributed by atoms with Crippen LogP contribution in [0.5, 0.6) is 11.5 Å². The predicted molar refractivity (Wildman–Crippen MR) is 97.7 cm³/mol. The molecule has 0 aromatic heterocycles. The molecule has 0 bridgehead atoms. The number of carbonyl (C=O) groups is 2. The van der Waals surface area contributed by atoms with Gasteiger partial charge in [0.05, 0.1) is 0 Å². The van der Waals surface area contributed by atoms with Crippen molar-refractivity contribution in [3.8, 4) is 11.5 Å². The fourth-order valence-electron chi connectivity index (χ4n) is 2.38. The van der Waals surface area contributed by atoms with E-state index in [2.05, 4.69) is 13.8 Å². The van der Waals surface area contributed by atoms with Crippen molar-refractivity contribution < 1.29 is 19.1 Å². The van der Waals surface area contributed by atoms with Crippen molar-refractivity contribution in [2.45, 2.75) is 19.3 Å². The lowest BCUT2D eigenvalue weighted by Gasteiger charge is -2.26. The van der Waals surface area contributed by atoms with E-state index < -0.39 is 10.5 Å². The third-order valence-corrected chi connectivity index (χ3v) is 4.07. The Morgan fingerprint density at radius 3 is 1.36 bits per heavy atom. The van der Waals surface area contributed by atoms with Crippen LogP contribution in [0.4, 0.5) is 0 Å². The lowest BCUT2D eigenvalue weighted by Crippen LogP contribution is -2.18. The first-order valence-corrected chi connectivity index (χ1v) is 8.38. The summed E-state index contributed by atoms with van der Waals surface area (Å²) in [5.74, 6) is 1.17. The van der Waals surface area contributed by atoms with Crippen LogP contribution in [-0.4, -0.2) is 23.7 Å². The van der Waals surface area contributed by atoms with Crippen molar-refractivity contribution in [1.29, 1.82) is 0 Å². The van der Waals surface area contributed by atoms with Crippen molar-refractivity contribution in [1.82, 2.24) is 0 Å². The average Bonchev–Trinajstić information content (AvgIpc) is 2.59. The first-order chi connectivity index (χ1) is 11.8. The number of ether oxygens (including phenoxy) is 2. The van der Waals surface area contributed by atoms with E-state index in [9.17, 15) is 9.59 Å². The molecule has 0 saturated heterocycles. The van der Waals surface area contributed by atoms with Crippen LogP contribution in [0, 0.1) is 0 Å². The van der Waals surface area contributed by atoms with Crippen LogP contribution in [0.3, 0.4) is 0 Å². The summed E-state index contributed by atoms with van der Waals surface area (Å²) >= 11 is 10.5. The van der Waals surface area contributed by atoms with Crippen molar-refractivity contribution in [2.75, 3.05) is 13.2 Å². The van der Waals surface area contributed by atoms with Gasteiger partial charge in [-0.15, -0.1) is 0 Å². The van der Waals surface area contributed by atoms with E-state index in [4.69, 9.17) is 32.7 Å². The summed E-state index contributed by atoms with van der Waals surface area (Å²) in [6.07, 6.45) is 0. The molecule has 0 aliphatic rings. The number of benzene rings is 2. The van der Waals surface area contributed by atoms with Gasteiger partial charge in [-0.25, -0.2) is 0 Å². The van der Waals surface area contributed by atoms with E-state index in [1.807, 2.05) is 24.3 Å². The highest BCUT2D eigenvalue weighted by Crippen LogP contribution is 2.33. The Labute approximate surface area is 156 Å². The minimum atomic E-state index is -0.539. The fourth-order valence-corrected chi connectivity index (χ4v) is 2.49.